The summed E-state index contributed by atoms with van der Waals surface area (Å²) >= 11 is 0. The number of likely N-dealkylation sites (tertiary alicyclic amines) is 2. The third-order valence-corrected chi connectivity index (χ3v) is 5.95. The van der Waals surface area contributed by atoms with Crippen LogP contribution < -0.4 is 4.74 Å². The van der Waals surface area contributed by atoms with Crippen LogP contribution in [-0.2, 0) is 22.7 Å². The van der Waals surface area contributed by atoms with Gasteiger partial charge in [0.1, 0.15) is 12.3 Å². The monoisotopic (exact) mass is 382 g/mol. The van der Waals surface area contributed by atoms with E-state index in [1.165, 1.54) is 0 Å². The maximum atomic E-state index is 12.6. The normalized spacial score (nSPS) is 18.7. The molecule has 2 aliphatic rings. The van der Waals surface area contributed by atoms with Crippen LogP contribution in [0.3, 0.4) is 0 Å². The number of hydrogen-bond acceptors (Lipinski definition) is 4. The van der Waals surface area contributed by atoms with E-state index in [0.717, 1.165) is 30.7 Å². The number of amides is 2. The van der Waals surface area contributed by atoms with Crippen molar-refractivity contribution in [1.82, 2.24) is 19.6 Å². The Morgan fingerprint density at radius 2 is 2.07 bits per heavy atom. The lowest BCUT2D eigenvalue weighted by Crippen LogP contribution is -2.45. The van der Waals surface area contributed by atoms with Gasteiger partial charge >= 0.3 is 0 Å². The van der Waals surface area contributed by atoms with E-state index in [9.17, 15) is 9.59 Å². The first-order valence-electron chi connectivity index (χ1n) is 9.73. The smallest absolute Gasteiger partial charge is 0.244 e. The molecule has 0 radical (unpaired) electrons. The Morgan fingerprint density at radius 1 is 1.25 bits per heavy atom. The molecule has 2 saturated heterocycles. The van der Waals surface area contributed by atoms with Crippen molar-refractivity contribution in [2.45, 2.75) is 32.4 Å². The van der Waals surface area contributed by atoms with Gasteiger partial charge in [-0.05, 0) is 36.6 Å². The number of piperidine rings is 1. The molecule has 28 heavy (non-hydrogen) atoms. The maximum absolute atomic E-state index is 12.6. The van der Waals surface area contributed by atoms with Crippen LogP contribution in [0.4, 0.5) is 0 Å². The number of carbonyl (C=O) groups is 2. The molecule has 0 bridgehead atoms. The second-order valence-electron chi connectivity index (χ2n) is 7.86. The van der Waals surface area contributed by atoms with Crippen LogP contribution in [-0.4, -0.2) is 58.1 Å². The minimum absolute atomic E-state index is 0.00156. The molecule has 0 N–H and O–H groups in total. The molecule has 2 amide bonds. The van der Waals surface area contributed by atoms with E-state index in [2.05, 4.69) is 5.10 Å². The van der Waals surface area contributed by atoms with Gasteiger partial charge in [0.2, 0.25) is 11.8 Å². The summed E-state index contributed by atoms with van der Waals surface area (Å²) in [5.41, 5.74) is 1.08. The molecule has 2 aromatic rings. The number of hydrogen-bond donors (Lipinski definition) is 0. The number of carbonyl (C=O) groups excluding carboxylic acids is 2. The summed E-state index contributed by atoms with van der Waals surface area (Å²) in [5, 5.41) is 4.10. The Balaban J connectivity index is 1.34. The third-order valence-electron chi connectivity index (χ3n) is 5.95. The average molecular weight is 382 g/mol. The minimum Gasteiger partial charge on any atom is -0.497 e. The predicted molar refractivity (Wildman–Crippen MR) is 104 cm³/mol. The summed E-state index contributed by atoms with van der Waals surface area (Å²) in [7, 11) is 1.65. The SMILES string of the molecule is COc1cccc(CN2CC3(CCN(C(=O)Cn4cccn4)CC3)CC2=O)c1. The van der Waals surface area contributed by atoms with E-state index >= 15 is 0 Å². The van der Waals surface area contributed by atoms with E-state index in [1.807, 2.05) is 40.1 Å². The van der Waals surface area contributed by atoms with Crippen LogP contribution in [0.15, 0.2) is 42.7 Å². The molecule has 1 aromatic carbocycles. The molecule has 3 heterocycles. The third kappa shape index (κ3) is 3.88. The van der Waals surface area contributed by atoms with E-state index < -0.39 is 0 Å². The lowest BCUT2D eigenvalue weighted by Gasteiger charge is -2.38. The topological polar surface area (TPSA) is 67.7 Å². The number of rotatable bonds is 5. The summed E-state index contributed by atoms with van der Waals surface area (Å²) in [6.07, 6.45) is 5.81. The van der Waals surface area contributed by atoms with E-state index in [4.69, 9.17) is 4.74 Å². The van der Waals surface area contributed by atoms with Gasteiger partial charge in [-0.3, -0.25) is 14.3 Å². The van der Waals surface area contributed by atoms with E-state index in [0.29, 0.717) is 26.1 Å². The van der Waals surface area contributed by atoms with Gasteiger partial charge in [0.05, 0.1) is 7.11 Å². The first-order valence-corrected chi connectivity index (χ1v) is 9.73. The van der Waals surface area contributed by atoms with E-state index in [-0.39, 0.29) is 23.8 Å². The number of benzene rings is 1. The number of aromatic nitrogens is 2. The number of nitrogens with zero attached hydrogens (tertiary/aromatic N) is 4. The first-order chi connectivity index (χ1) is 13.6. The zero-order valence-corrected chi connectivity index (χ0v) is 16.2. The van der Waals surface area contributed by atoms with Gasteiger partial charge in [0.25, 0.3) is 0 Å². The molecule has 0 aliphatic carbocycles. The van der Waals surface area contributed by atoms with Gasteiger partial charge in [-0.15, -0.1) is 0 Å². The van der Waals surface area contributed by atoms with E-state index in [1.54, 1.807) is 24.2 Å². The van der Waals surface area contributed by atoms with Crippen LogP contribution in [0.1, 0.15) is 24.8 Å². The van der Waals surface area contributed by atoms with Gasteiger partial charge < -0.3 is 14.5 Å². The highest BCUT2D eigenvalue weighted by atomic mass is 16.5. The highest BCUT2D eigenvalue weighted by Gasteiger charge is 2.45. The summed E-state index contributed by atoms with van der Waals surface area (Å²) < 4.78 is 6.93. The zero-order valence-electron chi connectivity index (χ0n) is 16.2. The maximum Gasteiger partial charge on any atom is 0.244 e. The zero-order chi connectivity index (χ0) is 19.6. The molecule has 4 rings (SSSR count). The lowest BCUT2D eigenvalue weighted by atomic mass is 9.77. The van der Waals surface area contributed by atoms with Gasteiger partial charge in [-0.25, -0.2) is 0 Å². The highest BCUT2D eigenvalue weighted by molar-refractivity contribution is 5.80. The summed E-state index contributed by atoms with van der Waals surface area (Å²) in [4.78, 5) is 29.0. The van der Waals surface area contributed by atoms with Crippen molar-refractivity contribution in [3.8, 4) is 5.75 Å². The second kappa shape index (κ2) is 7.66. The van der Waals surface area contributed by atoms with Crippen molar-refractivity contribution in [3.05, 3.63) is 48.3 Å². The fourth-order valence-corrected chi connectivity index (χ4v) is 4.31. The molecule has 1 aromatic heterocycles. The summed E-state index contributed by atoms with van der Waals surface area (Å²) in [6, 6.07) is 9.69. The van der Waals surface area contributed by atoms with Gasteiger partial charge in [0.15, 0.2) is 0 Å². The molecule has 7 heteroatoms. The molecule has 1 spiro atoms. The Morgan fingerprint density at radius 3 is 2.79 bits per heavy atom. The summed E-state index contributed by atoms with van der Waals surface area (Å²) in [5.74, 6) is 1.11. The quantitative estimate of drug-likeness (QED) is 0.793. The standard InChI is InChI=1S/C21H26N4O3/c1-28-18-5-2-4-17(12-18)14-24-16-21(13-19(24)26)6-10-23(11-7-21)20(27)15-25-9-3-8-22-25/h2-5,8-9,12H,6-7,10-11,13-16H2,1H3. The van der Waals surface area contributed by atoms with Crippen molar-refractivity contribution in [3.63, 3.8) is 0 Å². The first kappa shape index (κ1) is 18.5. The Labute approximate surface area is 164 Å². The molecule has 2 fully saturated rings. The predicted octanol–water partition coefficient (Wildman–Crippen LogP) is 1.93. The van der Waals surface area contributed by atoms with Crippen molar-refractivity contribution < 1.29 is 14.3 Å². The number of ether oxygens (including phenoxy) is 1. The molecule has 0 atom stereocenters. The van der Waals surface area contributed by atoms with Crippen molar-refractivity contribution in [2.24, 2.45) is 5.41 Å². The molecule has 148 valence electrons. The lowest BCUT2D eigenvalue weighted by molar-refractivity contribution is -0.134. The molecule has 0 saturated carbocycles. The second-order valence-corrected chi connectivity index (χ2v) is 7.86. The molecular weight excluding hydrogens is 356 g/mol. The fourth-order valence-electron chi connectivity index (χ4n) is 4.31. The van der Waals surface area contributed by atoms with Crippen LogP contribution in [0, 0.1) is 5.41 Å². The Bertz CT molecular complexity index is 841. The highest BCUT2D eigenvalue weighted by Crippen LogP contribution is 2.41. The summed E-state index contributed by atoms with van der Waals surface area (Å²) in [6.45, 7) is 3.08. The van der Waals surface area contributed by atoms with Crippen molar-refractivity contribution >= 4 is 11.8 Å². The minimum atomic E-state index is -0.00156. The largest absolute Gasteiger partial charge is 0.497 e. The fraction of sp³-hybridized carbons (Fsp3) is 0.476. The van der Waals surface area contributed by atoms with Crippen molar-refractivity contribution in [2.75, 3.05) is 26.7 Å². The Kier molecular flexibility index (Phi) is 5.07. The molecule has 0 unspecified atom stereocenters. The van der Waals surface area contributed by atoms with Crippen molar-refractivity contribution in [1.29, 1.82) is 0 Å². The number of methoxy groups -OCH3 is 1. The van der Waals surface area contributed by atoms with Gasteiger partial charge in [-0.1, -0.05) is 12.1 Å². The van der Waals surface area contributed by atoms with Crippen LogP contribution >= 0.6 is 0 Å². The molecule has 7 nitrogen and oxygen atoms in total. The van der Waals surface area contributed by atoms with Gasteiger partial charge in [0, 0.05) is 50.4 Å². The Hall–Kier alpha value is -2.83. The van der Waals surface area contributed by atoms with Crippen LogP contribution in [0.2, 0.25) is 0 Å². The van der Waals surface area contributed by atoms with Crippen LogP contribution in [0.5, 0.6) is 5.75 Å². The van der Waals surface area contributed by atoms with Crippen LogP contribution in [0.25, 0.3) is 0 Å². The molecular formula is C21H26N4O3. The van der Waals surface area contributed by atoms with Gasteiger partial charge in [-0.2, -0.15) is 5.10 Å². The molecule has 2 aliphatic heterocycles. The average Bonchev–Trinajstić information content (AvgIpc) is 3.31.